The highest BCUT2D eigenvalue weighted by Gasteiger charge is 2.15. The highest BCUT2D eigenvalue weighted by molar-refractivity contribution is 7.86. The van der Waals surface area contributed by atoms with E-state index in [1.165, 1.54) is 12.1 Å². The molecule has 3 nitrogen and oxygen atoms in total. The van der Waals surface area contributed by atoms with Crippen LogP contribution >= 0.6 is 0 Å². The van der Waals surface area contributed by atoms with Crippen LogP contribution in [0.4, 0.5) is 0 Å². The molecular formula is C11H14O3S. The Morgan fingerprint density at radius 1 is 1.27 bits per heavy atom. The van der Waals surface area contributed by atoms with Crippen LogP contribution in [-0.4, -0.2) is 8.42 Å². The molecule has 1 rings (SSSR count). The van der Waals surface area contributed by atoms with Gasteiger partial charge in [-0.1, -0.05) is 17.7 Å². The van der Waals surface area contributed by atoms with Crippen molar-refractivity contribution in [2.75, 3.05) is 0 Å². The Morgan fingerprint density at radius 2 is 1.80 bits per heavy atom. The minimum atomic E-state index is -3.66. The van der Waals surface area contributed by atoms with Gasteiger partial charge in [-0.3, -0.25) is 0 Å². The van der Waals surface area contributed by atoms with E-state index in [0.29, 0.717) is 5.76 Å². The van der Waals surface area contributed by atoms with Gasteiger partial charge in [-0.25, -0.2) is 0 Å². The second-order valence-corrected chi connectivity index (χ2v) is 4.80. The van der Waals surface area contributed by atoms with Gasteiger partial charge in [0.1, 0.15) is 10.7 Å². The third-order valence-corrected chi connectivity index (χ3v) is 3.29. The zero-order valence-corrected chi connectivity index (χ0v) is 9.84. The monoisotopic (exact) mass is 226 g/mol. The van der Waals surface area contributed by atoms with Crippen LogP contribution < -0.4 is 0 Å². The molecule has 0 aliphatic rings. The maximum Gasteiger partial charge on any atom is 0.338 e. The Morgan fingerprint density at radius 3 is 2.27 bits per heavy atom. The first-order valence-corrected chi connectivity index (χ1v) is 6.00. The molecule has 0 fully saturated rings. The smallest absolute Gasteiger partial charge is 0.338 e. The van der Waals surface area contributed by atoms with E-state index >= 15 is 0 Å². The molecular weight excluding hydrogens is 212 g/mol. The summed E-state index contributed by atoms with van der Waals surface area (Å²) in [7, 11) is -3.66. The maximum atomic E-state index is 11.6. The van der Waals surface area contributed by atoms with E-state index in [1.807, 2.05) is 6.92 Å². The molecule has 1 aromatic rings. The minimum absolute atomic E-state index is 0.175. The summed E-state index contributed by atoms with van der Waals surface area (Å²) in [6, 6.07) is 6.55. The number of allylic oxidation sites excluding steroid dienone is 2. The van der Waals surface area contributed by atoms with E-state index in [4.69, 9.17) is 4.18 Å². The molecule has 0 saturated carbocycles. The number of rotatable bonds is 3. The van der Waals surface area contributed by atoms with Gasteiger partial charge in [0.25, 0.3) is 0 Å². The van der Waals surface area contributed by atoms with Crippen LogP contribution in [0.15, 0.2) is 41.0 Å². The van der Waals surface area contributed by atoms with Crippen molar-refractivity contribution in [3.63, 3.8) is 0 Å². The molecule has 0 N–H and O–H groups in total. The predicted octanol–water partition coefficient (Wildman–Crippen LogP) is 2.62. The second-order valence-electron chi connectivity index (χ2n) is 3.25. The van der Waals surface area contributed by atoms with Crippen molar-refractivity contribution in [2.45, 2.75) is 25.7 Å². The van der Waals surface area contributed by atoms with Crippen LogP contribution in [-0.2, 0) is 14.3 Å². The lowest BCUT2D eigenvalue weighted by Gasteiger charge is -2.06. The number of aryl methyl sites for hydroxylation is 1. The summed E-state index contributed by atoms with van der Waals surface area (Å²) in [5, 5.41) is 0. The van der Waals surface area contributed by atoms with Gasteiger partial charge in [-0.15, -0.1) is 0 Å². The summed E-state index contributed by atoms with van der Waals surface area (Å²) in [6.07, 6.45) is 1.60. The molecule has 15 heavy (non-hydrogen) atoms. The van der Waals surface area contributed by atoms with Crippen LogP contribution in [0.2, 0.25) is 0 Å². The fourth-order valence-corrected chi connectivity index (χ4v) is 1.98. The van der Waals surface area contributed by atoms with Gasteiger partial charge in [0.2, 0.25) is 0 Å². The van der Waals surface area contributed by atoms with Gasteiger partial charge in [-0.2, -0.15) is 8.42 Å². The van der Waals surface area contributed by atoms with Gasteiger partial charge in [0, 0.05) is 0 Å². The Balaban J connectivity index is 3.02. The van der Waals surface area contributed by atoms with Crippen LogP contribution in [0.5, 0.6) is 0 Å². The SMILES string of the molecule is C/C=C(/C)OS(=O)(=O)c1ccc(C)cc1. The highest BCUT2D eigenvalue weighted by atomic mass is 32.2. The summed E-state index contributed by atoms with van der Waals surface area (Å²) in [6.45, 7) is 5.22. The first-order valence-electron chi connectivity index (χ1n) is 4.60. The lowest BCUT2D eigenvalue weighted by Crippen LogP contribution is -2.04. The first-order chi connectivity index (χ1) is 6.95. The Bertz CT molecular complexity index is 455. The van der Waals surface area contributed by atoms with Crippen molar-refractivity contribution in [3.05, 3.63) is 41.7 Å². The predicted molar refractivity (Wildman–Crippen MR) is 58.9 cm³/mol. The fraction of sp³-hybridized carbons (Fsp3) is 0.273. The Labute approximate surface area is 90.5 Å². The zero-order chi connectivity index (χ0) is 11.5. The highest BCUT2D eigenvalue weighted by Crippen LogP contribution is 2.15. The molecule has 0 amide bonds. The van der Waals surface area contributed by atoms with E-state index in [0.717, 1.165) is 5.56 Å². The summed E-state index contributed by atoms with van der Waals surface area (Å²) >= 11 is 0. The van der Waals surface area contributed by atoms with Crippen molar-refractivity contribution in [3.8, 4) is 0 Å². The largest absolute Gasteiger partial charge is 0.384 e. The average Bonchev–Trinajstić information content (AvgIpc) is 2.17. The topological polar surface area (TPSA) is 43.4 Å². The lowest BCUT2D eigenvalue weighted by atomic mass is 10.2. The van der Waals surface area contributed by atoms with Crippen molar-refractivity contribution in [1.29, 1.82) is 0 Å². The second kappa shape index (κ2) is 4.49. The van der Waals surface area contributed by atoms with E-state index in [1.54, 1.807) is 32.1 Å². The van der Waals surface area contributed by atoms with E-state index in [9.17, 15) is 8.42 Å². The van der Waals surface area contributed by atoms with E-state index < -0.39 is 10.1 Å². The Kier molecular flexibility index (Phi) is 3.52. The molecule has 0 unspecified atom stereocenters. The first kappa shape index (κ1) is 11.8. The maximum absolute atomic E-state index is 11.6. The molecule has 4 heteroatoms. The fourth-order valence-electron chi connectivity index (χ4n) is 0.974. The van der Waals surface area contributed by atoms with Crippen molar-refractivity contribution in [2.24, 2.45) is 0 Å². The number of benzene rings is 1. The van der Waals surface area contributed by atoms with Crippen LogP contribution in [0.25, 0.3) is 0 Å². The summed E-state index contributed by atoms with van der Waals surface area (Å²) in [5.74, 6) is 0.371. The number of hydrogen-bond acceptors (Lipinski definition) is 3. The molecule has 82 valence electrons. The molecule has 0 aromatic heterocycles. The van der Waals surface area contributed by atoms with Crippen molar-refractivity contribution in [1.82, 2.24) is 0 Å². The lowest BCUT2D eigenvalue weighted by molar-refractivity contribution is 0.407. The molecule has 0 spiro atoms. The summed E-state index contributed by atoms with van der Waals surface area (Å²) in [5.41, 5.74) is 1.01. The van der Waals surface area contributed by atoms with E-state index in [2.05, 4.69) is 0 Å². The molecule has 0 bridgehead atoms. The van der Waals surface area contributed by atoms with Crippen LogP contribution in [0.3, 0.4) is 0 Å². The standard InChI is InChI=1S/C11H14O3S/c1-4-10(3)14-15(12,13)11-7-5-9(2)6-8-11/h4-8H,1-3H3/b10-4-. The summed E-state index contributed by atoms with van der Waals surface area (Å²) in [4.78, 5) is 0.175. The third kappa shape index (κ3) is 3.09. The van der Waals surface area contributed by atoms with E-state index in [-0.39, 0.29) is 4.90 Å². The average molecular weight is 226 g/mol. The molecule has 1 aromatic carbocycles. The van der Waals surface area contributed by atoms with Crippen molar-refractivity contribution < 1.29 is 12.6 Å². The van der Waals surface area contributed by atoms with Crippen LogP contribution in [0, 0.1) is 6.92 Å². The number of hydrogen-bond donors (Lipinski definition) is 0. The Hall–Kier alpha value is -1.29. The molecule has 0 radical (unpaired) electrons. The molecule has 0 aliphatic heterocycles. The molecule has 0 heterocycles. The van der Waals surface area contributed by atoms with Gasteiger partial charge >= 0.3 is 10.1 Å². The molecule has 0 atom stereocenters. The van der Waals surface area contributed by atoms with Crippen LogP contribution in [0.1, 0.15) is 19.4 Å². The minimum Gasteiger partial charge on any atom is -0.384 e. The van der Waals surface area contributed by atoms with Gasteiger partial charge in [-0.05, 0) is 39.0 Å². The van der Waals surface area contributed by atoms with Gasteiger partial charge in [0.15, 0.2) is 0 Å². The molecule has 0 aliphatic carbocycles. The molecule has 0 saturated heterocycles. The summed E-state index contributed by atoms with van der Waals surface area (Å²) < 4.78 is 28.1. The van der Waals surface area contributed by atoms with Gasteiger partial charge in [0.05, 0.1) is 0 Å². The third-order valence-electron chi connectivity index (χ3n) is 1.96. The quantitative estimate of drug-likeness (QED) is 0.587. The zero-order valence-electron chi connectivity index (χ0n) is 9.02. The van der Waals surface area contributed by atoms with Gasteiger partial charge < -0.3 is 4.18 Å². The normalized spacial score (nSPS) is 12.6. The van der Waals surface area contributed by atoms with Crippen molar-refractivity contribution >= 4 is 10.1 Å².